The van der Waals surface area contributed by atoms with Crippen LogP contribution >= 0.6 is 11.3 Å². The lowest BCUT2D eigenvalue weighted by atomic mass is 9.93. The highest BCUT2D eigenvalue weighted by molar-refractivity contribution is 7.08. The van der Waals surface area contributed by atoms with E-state index in [0.717, 1.165) is 5.56 Å². The third kappa shape index (κ3) is 4.27. The van der Waals surface area contributed by atoms with Gasteiger partial charge >= 0.3 is 11.8 Å². The molecule has 140 valence electrons. The van der Waals surface area contributed by atoms with Crippen LogP contribution in [-0.2, 0) is 15.2 Å². The molecule has 3 rings (SSSR count). The Morgan fingerprint density at radius 3 is 2.56 bits per heavy atom. The van der Waals surface area contributed by atoms with Crippen LogP contribution < -0.4 is 10.6 Å². The van der Waals surface area contributed by atoms with Crippen molar-refractivity contribution in [3.63, 3.8) is 0 Å². The maximum absolute atomic E-state index is 12.2. The molecule has 6 nitrogen and oxygen atoms in total. The molecule has 0 unspecified atom stereocenters. The molecule has 7 heteroatoms. The Morgan fingerprint density at radius 1 is 1.15 bits per heavy atom. The second-order valence-electron chi connectivity index (χ2n) is 6.14. The first-order valence-corrected chi connectivity index (χ1v) is 9.37. The molecule has 1 aromatic carbocycles. The Labute approximate surface area is 160 Å². The summed E-state index contributed by atoms with van der Waals surface area (Å²) in [6.45, 7) is 1.61. The molecule has 0 saturated carbocycles. The molecule has 0 radical (unpaired) electrons. The van der Waals surface area contributed by atoms with Crippen molar-refractivity contribution in [2.24, 2.45) is 0 Å². The third-order valence-electron chi connectivity index (χ3n) is 4.29. The van der Waals surface area contributed by atoms with Crippen LogP contribution in [0.2, 0.25) is 0 Å². The van der Waals surface area contributed by atoms with E-state index in [0.29, 0.717) is 11.3 Å². The van der Waals surface area contributed by atoms with Crippen molar-refractivity contribution in [1.29, 1.82) is 0 Å². The van der Waals surface area contributed by atoms with Gasteiger partial charge in [-0.05, 0) is 41.4 Å². The molecule has 2 amide bonds. The van der Waals surface area contributed by atoms with Crippen molar-refractivity contribution in [3.8, 4) is 0 Å². The van der Waals surface area contributed by atoms with E-state index in [1.165, 1.54) is 17.6 Å². The van der Waals surface area contributed by atoms with Crippen LogP contribution in [0.25, 0.3) is 0 Å². The summed E-state index contributed by atoms with van der Waals surface area (Å²) < 4.78 is 5.34. The molecule has 0 spiro atoms. The zero-order valence-electron chi connectivity index (χ0n) is 14.7. The van der Waals surface area contributed by atoms with E-state index in [9.17, 15) is 14.7 Å². The smallest absolute Gasteiger partial charge is 0.309 e. The van der Waals surface area contributed by atoms with Gasteiger partial charge in [-0.25, -0.2) is 0 Å². The number of rotatable bonds is 6. The summed E-state index contributed by atoms with van der Waals surface area (Å²) in [6, 6.07) is 14.1. The van der Waals surface area contributed by atoms with Crippen LogP contribution in [0.5, 0.6) is 0 Å². The van der Waals surface area contributed by atoms with Crippen molar-refractivity contribution in [2.75, 3.05) is 6.54 Å². The average Bonchev–Trinajstić information content (AvgIpc) is 3.40. The highest BCUT2D eigenvalue weighted by Crippen LogP contribution is 2.30. The van der Waals surface area contributed by atoms with Gasteiger partial charge in [-0.2, -0.15) is 11.3 Å². The minimum absolute atomic E-state index is 0.191. The predicted molar refractivity (Wildman–Crippen MR) is 102 cm³/mol. The van der Waals surface area contributed by atoms with Crippen LogP contribution in [0.15, 0.2) is 70.0 Å². The number of amides is 2. The number of nitrogens with one attached hydrogen (secondary N) is 2. The number of hydrogen-bond donors (Lipinski definition) is 3. The van der Waals surface area contributed by atoms with Gasteiger partial charge in [0.25, 0.3) is 0 Å². The molecule has 2 atom stereocenters. The number of carbonyl (C=O) groups excluding carboxylic acids is 2. The Balaban J connectivity index is 1.65. The van der Waals surface area contributed by atoms with E-state index < -0.39 is 17.4 Å². The van der Waals surface area contributed by atoms with Crippen LogP contribution in [0.3, 0.4) is 0 Å². The molecule has 0 aliphatic rings. The van der Waals surface area contributed by atoms with Crippen molar-refractivity contribution in [1.82, 2.24) is 10.6 Å². The van der Waals surface area contributed by atoms with Crippen molar-refractivity contribution in [3.05, 3.63) is 82.4 Å². The van der Waals surface area contributed by atoms with E-state index in [1.807, 2.05) is 35.7 Å². The van der Waals surface area contributed by atoms with Gasteiger partial charge in [0.15, 0.2) is 5.60 Å². The Kier molecular flexibility index (Phi) is 5.73. The minimum atomic E-state index is -1.55. The fraction of sp³-hybridized carbons (Fsp3) is 0.200. The van der Waals surface area contributed by atoms with Crippen molar-refractivity contribution >= 4 is 23.2 Å². The monoisotopic (exact) mass is 384 g/mol. The molecule has 3 N–H and O–H groups in total. The number of hydrogen-bond acceptors (Lipinski definition) is 5. The number of aliphatic hydroxyl groups is 1. The third-order valence-corrected chi connectivity index (χ3v) is 4.97. The summed E-state index contributed by atoms with van der Waals surface area (Å²) in [5.74, 6) is -1.30. The zero-order chi connectivity index (χ0) is 19.3. The Morgan fingerprint density at radius 2 is 1.93 bits per heavy atom. The molecule has 0 bridgehead atoms. The summed E-state index contributed by atoms with van der Waals surface area (Å²) in [5, 5.41) is 19.8. The molecule has 0 aliphatic carbocycles. The maximum Gasteiger partial charge on any atom is 0.309 e. The van der Waals surface area contributed by atoms with Gasteiger partial charge in [0.1, 0.15) is 5.76 Å². The van der Waals surface area contributed by atoms with E-state index in [-0.39, 0.29) is 12.6 Å². The molecule has 0 saturated heterocycles. The van der Waals surface area contributed by atoms with E-state index in [1.54, 1.807) is 30.5 Å². The Hall–Kier alpha value is -2.90. The van der Waals surface area contributed by atoms with E-state index in [4.69, 9.17) is 4.42 Å². The second-order valence-corrected chi connectivity index (χ2v) is 6.92. The molecular weight excluding hydrogens is 364 g/mol. The summed E-state index contributed by atoms with van der Waals surface area (Å²) in [6.07, 6.45) is 1.45. The van der Waals surface area contributed by atoms with E-state index >= 15 is 0 Å². The van der Waals surface area contributed by atoms with Gasteiger partial charge < -0.3 is 20.2 Å². The van der Waals surface area contributed by atoms with Crippen LogP contribution in [0, 0.1) is 0 Å². The van der Waals surface area contributed by atoms with Gasteiger partial charge in [-0.3, -0.25) is 9.59 Å². The van der Waals surface area contributed by atoms with Crippen LogP contribution in [0.4, 0.5) is 0 Å². The van der Waals surface area contributed by atoms with Gasteiger partial charge in [-0.1, -0.05) is 30.3 Å². The van der Waals surface area contributed by atoms with Crippen molar-refractivity contribution < 1.29 is 19.1 Å². The molecular formula is C20H20N2O4S. The molecule has 3 aromatic rings. The SMILES string of the molecule is C[C@H](NC(=O)C(=O)NC[C@@](O)(c1ccsc1)c1ccco1)c1ccccc1. The second kappa shape index (κ2) is 8.20. The lowest BCUT2D eigenvalue weighted by molar-refractivity contribution is -0.140. The van der Waals surface area contributed by atoms with Crippen LogP contribution in [-0.4, -0.2) is 23.5 Å². The largest absolute Gasteiger partial charge is 0.466 e. The molecule has 27 heavy (non-hydrogen) atoms. The number of benzene rings is 1. The first kappa shape index (κ1) is 18.9. The quantitative estimate of drug-likeness (QED) is 0.570. The molecule has 0 fully saturated rings. The molecule has 2 heterocycles. The lowest BCUT2D eigenvalue weighted by Gasteiger charge is -2.25. The fourth-order valence-electron chi connectivity index (χ4n) is 2.72. The first-order valence-electron chi connectivity index (χ1n) is 8.43. The van der Waals surface area contributed by atoms with E-state index in [2.05, 4.69) is 10.6 Å². The fourth-order valence-corrected chi connectivity index (χ4v) is 3.44. The zero-order valence-corrected chi connectivity index (χ0v) is 15.5. The summed E-state index contributed by atoms with van der Waals surface area (Å²) in [7, 11) is 0. The molecule has 0 aliphatic heterocycles. The summed E-state index contributed by atoms with van der Waals surface area (Å²) >= 11 is 1.42. The van der Waals surface area contributed by atoms with Gasteiger partial charge in [0.2, 0.25) is 0 Å². The average molecular weight is 384 g/mol. The lowest BCUT2D eigenvalue weighted by Crippen LogP contribution is -2.47. The summed E-state index contributed by atoms with van der Waals surface area (Å²) in [4.78, 5) is 24.4. The standard InChI is InChI=1S/C20H20N2O4S/c1-14(15-6-3-2-4-7-15)22-19(24)18(23)21-13-20(25,16-9-11-27-12-16)17-8-5-10-26-17/h2-12,14,25H,13H2,1H3,(H,21,23)(H,22,24)/t14-,20+/m0/s1. The van der Waals surface area contributed by atoms with Crippen molar-refractivity contribution in [2.45, 2.75) is 18.6 Å². The van der Waals surface area contributed by atoms with Gasteiger partial charge in [-0.15, -0.1) is 0 Å². The topological polar surface area (TPSA) is 91.6 Å². The van der Waals surface area contributed by atoms with Gasteiger partial charge in [0, 0.05) is 5.56 Å². The number of carbonyl (C=O) groups is 2. The normalized spacial score (nSPS) is 14.1. The molecule has 2 aromatic heterocycles. The van der Waals surface area contributed by atoms with Gasteiger partial charge in [0.05, 0.1) is 18.8 Å². The van der Waals surface area contributed by atoms with Crippen LogP contribution in [0.1, 0.15) is 29.9 Å². The first-order chi connectivity index (χ1) is 13.0. The highest BCUT2D eigenvalue weighted by atomic mass is 32.1. The predicted octanol–water partition coefficient (Wildman–Crippen LogP) is 2.57. The summed E-state index contributed by atoms with van der Waals surface area (Å²) in [5.41, 5.74) is -0.0744. The Bertz CT molecular complexity index is 842. The minimum Gasteiger partial charge on any atom is -0.466 e. The number of thiophene rings is 1. The highest BCUT2D eigenvalue weighted by Gasteiger charge is 2.36. The maximum atomic E-state index is 12.2. The number of furan rings is 1.